The monoisotopic (exact) mass is 405 g/mol. The summed E-state index contributed by atoms with van der Waals surface area (Å²) in [7, 11) is 3.71. The lowest BCUT2D eigenvalue weighted by Gasteiger charge is -2.08. The van der Waals surface area contributed by atoms with Gasteiger partial charge in [0, 0.05) is 29.7 Å². The summed E-state index contributed by atoms with van der Waals surface area (Å²) in [6.45, 7) is 0.495. The van der Waals surface area contributed by atoms with Crippen LogP contribution in [0.1, 0.15) is 21.5 Å². The van der Waals surface area contributed by atoms with E-state index in [0.717, 1.165) is 27.8 Å². The molecule has 2 aromatic heterocycles. The molecule has 0 aliphatic carbocycles. The first-order valence-corrected chi connectivity index (χ1v) is 9.73. The van der Waals surface area contributed by atoms with Gasteiger partial charge in [-0.25, -0.2) is 4.99 Å². The molecular formula is C21H19N5O2S. The molecule has 3 rings (SSSR count). The number of carbonyl (C=O) groups is 2. The standard InChI is InChI=1S/C21H19N5O2S/c1-26(2)10-9-24-20(28)19-15(12-22)13-29-21(19)25-18(27)11-14-5-3-7-17-16(14)6-4-8-23-17/h3-9,13H,10-11H2,1-2H3,(H,25,27)/b24-9-. The number of anilines is 1. The van der Waals surface area contributed by atoms with Gasteiger partial charge in [0.1, 0.15) is 11.1 Å². The van der Waals surface area contributed by atoms with Crippen LogP contribution in [0.5, 0.6) is 0 Å². The van der Waals surface area contributed by atoms with Crippen molar-refractivity contribution in [1.29, 1.82) is 5.26 Å². The molecule has 146 valence electrons. The minimum absolute atomic E-state index is 0.125. The van der Waals surface area contributed by atoms with Crippen molar-refractivity contribution in [3.05, 3.63) is 58.6 Å². The Balaban J connectivity index is 1.80. The topological polar surface area (TPSA) is 98.5 Å². The molecule has 29 heavy (non-hydrogen) atoms. The number of aromatic nitrogens is 1. The predicted octanol–water partition coefficient (Wildman–Crippen LogP) is 3.12. The van der Waals surface area contributed by atoms with Crippen molar-refractivity contribution in [2.75, 3.05) is 26.0 Å². The van der Waals surface area contributed by atoms with Crippen LogP contribution in [-0.4, -0.2) is 48.6 Å². The minimum Gasteiger partial charge on any atom is -0.317 e. The Morgan fingerprint density at radius 1 is 1.31 bits per heavy atom. The molecule has 0 atom stereocenters. The summed E-state index contributed by atoms with van der Waals surface area (Å²) >= 11 is 1.14. The molecule has 0 bridgehead atoms. The second-order valence-corrected chi connectivity index (χ2v) is 7.44. The third kappa shape index (κ3) is 4.90. The number of nitrogens with one attached hydrogen (secondary N) is 1. The Bertz CT molecular complexity index is 1120. The van der Waals surface area contributed by atoms with Crippen molar-refractivity contribution in [3.63, 3.8) is 0 Å². The van der Waals surface area contributed by atoms with Crippen LogP contribution >= 0.6 is 11.3 Å². The Hall–Kier alpha value is -3.41. The number of pyridine rings is 1. The van der Waals surface area contributed by atoms with Crippen LogP contribution < -0.4 is 5.32 Å². The van der Waals surface area contributed by atoms with Gasteiger partial charge < -0.3 is 10.2 Å². The van der Waals surface area contributed by atoms with E-state index in [4.69, 9.17) is 0 Å². The van der Waals surface area contributed by atoms with Gasteiger partial charge in [0.2, 0.25) is 5.91 Å². The summed E-state index contributed by atoms with van der Waals surface area (Å²) in [5.41, 5.74) is 1.97. The van der Waals surface area contributed by atoms with Crippen molar-refractivity contribution in [3.8, 4) is 6.07 Å². The van der Waals surface area contributed by atoms with Gasteiger partial charge in [0.15, 0.2) is 0 Å². The van der Waals surface area contributed by atoms with Gasteiger partial charge in [-0.1, -0.05) is 18.2 Å². The van der Waals surface area contributed by atoms with E-state index < -0.39 is 5.91 Å². The molecule has 3 aromatic rings. The Morgan fingerprint density at radius 2 is 2.14 bits per heavy atom. The van der Waals surface area contributed by atoms with Crippen LogP contribution in [0.2, 0.25) is 0 Å². The average molecular weight is 405 g/mol. The minimum atomic E-state index is -0.547. The van der Waals surface area contributed by atoms with Crippen molar-refractivity contribution >= 4 is 45.3 Å². The van der Waals surface area contributed by atoms with Crippen molar-refractivity contribution in [1.82, 2.24) is 9.88 Å². The molecule has 0 aliphatic rings. The molecule has 2 heterocycles. The second-order valence-electron chi connectivity index (χ2n) is 6.56. The smallest absolute Gasteiger partial charge is 0.281 e. The van der Waals surface area contributed by atoms with Crippen molar-refractivity contribution in [2.45, 2.75) is 6.42 Å². The molecular weight excluding hydrogens is 386 g/mol. The van der Waals surface area contributed by atoms with Gasteiger partial charge in [-0.15, -0.1) is 11.3 Å². The highest BCUT2D eigenvalue weighted by Gasteiger charge is 2.20. The van der Waals surface area contributed by atoms with Gasteiger partial charge >= 0.3 is 0 Å². The highest BCUT2D eigenvalue weighted by atomic mass is 32.1. The number of rotatable bonds is 6. The van der Waals surface area contributed by atoms with Gasteiger partial charge in [0.25, 0.3) is 5.91 Å². The van der Waals surface area contributed by atoms with Crippen molar-refractivity contribution in [2.24, 2.45) is 4.99 Å². The van der Waals surface area contributed by atoms with E-state index in [9.17, 15) is 14.9 Å². The predicted molar refractivity (Wildman–Crippen MR) is 114 cm³/mol. The molecule has 0 fully saturated rings. The summed E-state index contributed by atoms with van der Waals surface area (Å²) in [6, 6.07) is 11.3. The van der Waals surface area contributed by atoms with E-state index in [0.29, 0.717) is 11.5 Å². The number of nitriles is 1. The first-order valence-electron chi connectivity index (χ1n) is 8.85. The zero-order valence-corrected chi connectivity index (χ0v) is 16.9. The molecule has 1 N–H and O–H groups in total. The van der Waals surface area contributed by atoms with E-state index in [2.05, 4.69) is 15.3 Å². The molecule has 2 amide bonds. The Morgan fingerprint density at radius 3 is 2.90 bits per heavy atom. The largest absolute Gasteiger partial charge is 0.317 e. The molecule has 0 radical (unpaired) electrons. The SMILES string of the molecule is CN(C)C/C=N\C(=O)c1c(C#N)csc1NC(=O)Cc1cccc2ncccc12. The Kier molecular flexibility index (Phi) is 6.44. The number of hydrogen-bond acceptors (Lipinski definition) is 6. The number of carbonyl (C=O) groups excluding carboxylic acids is 2. The van der Waals surface area contributed by atoms with E-state index in [1.165, 1.54) is 6.21 Å². The molecule has 0 saturated heterocycles. The third-order valence-electron chi connectivity index (χ3n) is 4.12. The summed E-state index contributed by atoms with van der Waals surface area (Å²) in [6.07, 6.45) is 3.31. The van der Waals surface area contributed by atoms with Gasteiger partial charge in [-0.2, -0.15) is 5.26 Å². The zero-order chi connectivity index (χ0) is 20.8. The van der Waals surface area contributed by atoms with Crippen LogP contribution in [0.3, 0.4) is 0 Å². The fourth-order valence-corrected chi connectivity index (χ4v) is 3.66. The molecule has 0 aliphatic heterocycles. The fourth-order valence-electron chi connectivity index (χ4n) is 2.76. The molecule has 7 nitrogen and oxygen atoms in total. The molecule has 0 unspecified atom stereocenters. The maximum absolute atomic E-state index is 12.6. The number of aliphatic imine (C=N–C) groups is 1. The van der Waals surface area contributed by atoms with Crippen LogP contribution in [0.4, 0.5) is 5.00 Å². The van der Waals surface area contributed by atoms with E-state index in [1.54, 1.807) is 11.6 Å². The summed E-state index contributed by atoms with van der Waals surface area (Å²) in [5.74, 6) is -0.826. The van der Waals surface area contributed by atoms with Crippen LogP contribution in [0.15, 0.2) is 46.9 Å². The number of nitrogens with zero attached hydrogens (tertiary/aromatic N) is 4. The lowest BCUT2D eigenvalue weighted by molar-refractivity contribution is -0.115. The maximum atomic E-state index is 12.6. The van der Waals surface area contributed by atoms with Gasteiger partial charge in [0.05, 0.1) is 23.1 Å². The van der Waals surface area contributed by atoms with Gasteiger partial charge in [-0.3, -0.25) is 14.6 Å². The fraction of sp³-hybridized carbons (Fsp3) is 0.190. The normalized spacial score (nSPS) is 11.1. The lowest BCUT2D eigenvalue weighted by Crippen LogP contribution is -2.16. The summed E-state index contributed by atoms with van der Waals surface area (Å²) < 4.78 is 0. The van der Waals surface area contributed by atoms with Crippen molar-refractivity contribution < 1.29 is 9.59 Å². The third-order valence-corrected chi connectivity index (χ3v) is 5.02. The first kappa shape index (κ1) is 20.3. The number of fused-ring (bicyclic) bond motifs is 1. The number of thiophene rings is 1. The highest BCUT2D eigenvalue weighted by molar-refractivity contribution is 7.15. The Labute approximate surface area is 172 Å². The van der Waals surface area contributed by atoms with Crippen LogP contribution in [0.25, 0.3) is 10.9 Å². The van der Waals surface area contributed by atoms with Gasteiger partial charge in [-0.05, 0) is 31.8 Å². The van der Waals surface area contributed by atoms with E-state index in [1.807, 2.05) is 55.4 Å². The lowest BCUT2D eigenvalue weighted by atomic mass is 10.1. The van der Waals surface area contributed by atoms with Crippen LogP contribution in [0, 0.1) is 11.3 Å². The number of hydrogen-bond donors (Lipinski definition) is 1. The quantitative estimate of drug-likeness (QED) is 0.635. The highest BCUT2D eigenvalue weighted by Crippen LogP contribution is 2.29. The summed E-state index contributed by atoms with van der Waals surface area (Å²) in [5, 5.41) is 14.8. The van der Waals surface area contributed by atoms with E-state index in [-0.39, 0.29) is 23.5 Å². The summed E-state index contributed by atoms with van der Waals surface area (Å²) in [4.78, 5) is 35.2. The second kappa shape index (κ2) is 9.19. The number of amides is 2. The molecule has 0 spiro atoms. The van der Waals surface area contributed by atoms with E-state index >= 15 is 0 Å². The maximum Gasteiger partial charge on any atom is 0.281 e. The molecule has 0 saturated carbocycles. The number of benzene rings is 1. The molecule has 1 aromatic carbocycles. The van der Waals surface area contributed by atoms with Crippen LogP contribution in [-0.2, 0) is 11.2 Å². The first-order chi connectivity index (χ1) is 14.0. The molecule has 8 heteroatoms. The average Bonchev–Trinajstić information content (AvgIpc) is 3.10. The zero-order valence-electron chi connectivity index (χ0n) is 16.0.